The zero-order valence-electron chi connectivity index (χ0n) is 8.34. The smallest absolute Gasteiger partial charge is 0.197 e. The third-order valence-corrected chi connectivity index (χ3v) is 2.18. The van der Waals surface area contributed by atoms with Gasteiger partial charge in [-0.05, 0) is 18.2 Å². The Morgan fingerprint density at radius 3 is 2.41 bits per heavy atom. The van der Waals surface area contributed by atoms with Crippen molar-refractivity contribution in [3.63, 3.8) is 0 Å². The highest BCUT2D eigenvalue weighted by molar-refractivity contribution is 5.73. The number of furan rings is 1. The van der Waals surface area contributed by atoms with Gasteiger partial charge < -0.3 is 10.2 Å². The van der Waals surface area contributed by atoms with Crippen LogP contribution in [0.25, 0.3) is 11.3 Å². The van der Waals surface area contributed by atoms with E-state index in [1.165, 1.54) is 12.1 Å². The van der Waals surface area contributed by atoms with Crippen molar-refractivity contribution in [2.45, 2.75) is 0 Å². The zero-order chi connectivity index (χ0) is 12.6. The molecule has 88 valence electrons. The molecule has 1 aromatic carbocycles. The monoisotopic (exact) mass is 241 g/mol. The molecule has 3 nitrogen and oxygen atoms in total. The number of benzene rings is 1. The molecule has 0 aliphatic carbocycles. The summed E-state index contributed by atoms with van der Waals surface area (Å²) in [4.78, 5) is 10.4. The van der Waals surface area contributed by atoms with Gasteiger partial charge in [0.1, 0.15) is 5.76 Å². The second-order valence-corrected chi connectivity index (χ2v) is 3.28. The van der Waals surface area contributed by atoms with Gasteiger partial charge in [0.15, 0.2) is 29.5 Å². The standard InChI is InChI=1S/C11H6F3NO2/c12-9-6(3-7(15)10(13)11(9)14)8-2-1-5(4-16)17-8/h1-4H,15H2. The van der Waals surface area contributed by atoms with Gasteiger partial charge in [-0.15, -0.1) is 0 Å². The maximum Gasteiger partial charge on any atom is 0.197 e. The number of hydrogen-bond donors (Lipinski definition) is 1. The van der Waals surface area contributed by atoms with Gasteiger partial charge in [0.25, 0.3) is 0 Å². The summed E-state index contributed by atoms with van der Waals surface area (Å²) in [6.45, 7) is 0. The number of nitrogen functional groups attached to an aromatic ring is 1. The number of carbonyl (C=O) groups is 1. The largest absolute Gasteiger partial charge is 0.453 e. The summed E-state index contributed by atoms with van der Waals surface area (Å²) in [5.74, 6) is -4.70. The highest BCUT2D eigenvalue weighted by atomic mass is 19.2. The lowest BCUT2D eigenvalue weighted by Gasteiger charge is -2.04. The molecule has 0 unspecified atom stereocenters. The molecule has 0 bridgehead atoms. The fourth-order valence-electron chi connectivity index (χ4n) is 1.36. The van der Waals surface area contributed by atoms with Crippen LogP contribution >= 0.6 is 0 Å². The summed E-state index contributed by atoms with van der Waals surface area (Å²) in [6.07, 6.45) is 0.407. The first kappa shape index (κ1) is 11.3. The predicted molar refractivity (Wildman–Crippen MR) is 53.8 cm³/mol. The first-order valence-electron chi connectivity index (χ1n) is 4.53. The van der Waals surface area contributed by atoms with E-state index in [-0.39, 0.29) is 17.1 Å². The minimum absolute atomic E-state index is 0.0531. The molecular weight excluding hydrogens is 235 g/mol. The molecule has 2 aromatic rings. The summed E-state index contributed by atoms with van der Waals surface area (Å²) in [5.41, 5.74) is 4.30. The van der Waals surface area contributed by atoms with E-state index in [2.05, 4.69) is 0 Å². The molecule has 0 radical (unpaired) electrons. The van der Waals surface area contributed by atoms with Gasteiger partial charge in [0, 0.05) is 0 Å². The van der Waals surface area contributed by atoms with Crippen molar-refractivity contribution in [1.82, 2.24) is 0 Å². The molecule has 0 saturated carbocycles. The summed E-state index contributed by atoms with van der Waals surface area (Å²) >= 11 is 0. The molecule has 0 saturated heterocycles. The number of anilines is 1. The van der Waals surface area contributed by atoms with Crippen molar-refractivity contribution in [1.29, 1.82) is 0 Å². The molecule has 0 aliphatic heterocycles. The number of carbonyl (C=O) groups excluding carboxylic acids is 1. The topological polar surface area (TPSA) is 56.2 Å². The Hall–Kier alpha value is -2.24. The summed E-state index contributed by atoms with van der Waals surface area (Å²) in [7, 11) is 0. The Morgan fingerprint density at radius 2 is 1.82 bits per heavy atom. The molecular formula is C11H6F3NO2. The van der Waals surface area contributed by atoms with Crippen LogP contribution in [-0.2, 0) is 0 Å². The maximum absolute atomic E-state index is 13.4. The zero-order valence-corrected chi connectivity index (χ0v) is 8.34. The molecule has 0 amide bonds. The van der Waals surface area contributed by atoms with Crippen molar-refractivity contribution in [2.75, 3.05) is 5.73 Å². The maximum atomic E-state index is 13.4. The average Bonchev–Trinajstić information content (AvgIpc) is 2.79. The minimum Gasteiger partial charge on any atom is -0.453 e. The second-order valence-electron chi connectivity index (χ2n) is 3.28. The van der Waals surface area contributed by atoms with Crippen LogP contribution in [0.15, 0.2) is 22.6 Å². The number of halogens is 3. The van der Waals surface area contributed by atoms with Crippen molar-refractivity contribution >= 4 is 12.0 Å². The summed E-state index contributed by atoms with van der Waals surface area (Å²) in [6, 6.07) is 3.44. The molecule has 1 aromatic heterocycles. The van der Waals surface area contributed by atoms with Crippen molar-refractivity contribution < 1.29 is 22.4 Å². The van der Waals surface area contributed by atoms with Gasteiger partial charge in [0.2, 0.25) is 0 Å². The fraction of sp³-hybridized carbons (Fsp3) is 0. The van der Waals surface area contributed by atoms with Crippen molar-refractivity contribution in [2.24, 2.45) is 0 Å². The van der Waals surface area contributed by atoms with E-state index in [4.69, 9.17) is 10.2 Å². The quantitative estimate of drug-likeness (QED) is 0.499. The molecule has 2 rings (SSSR count). The third-order valence-electron chi connectivity index (χ3n) is 2.18. The van der Waals surface area contributed by atoms with E-state index < -0.39 is 23.1 Å². The van der Waals surface area contributed by atoms with E-state index in [9.17, 15) is 18.0 Å². The molecule has 1 heterocycles. The van der Waals surface area contributed by atoms with Gasteiger partial charge in [-0.2, -0.15) is 0 Å². The lowest BCUT2D eigenvalue weighted by molar-refractivity contribution is 0.110. The van der Waals surface area contributed by atoms with E-state index in [1.54, 1.807) is 0 Å². The van der Waals surface area contributed by atoms with Gasteiger partial charge in [-0.25, -0.2) is 13.2 Å². The molecule has 17 heavy (non-hydrogen) atoms. The molecule has 6 heteroatoms. The molecule has 0 atom stereocenters. The Kier molecular flexibility index (Phi) is 2.63. The lowest BCUT2D eigenvalue weighted by Crippen LogP contribution is -2.00. The minimum atomic E-state index is -1.68. The predicted octanol–water partition coefficient (Wildman–Crippen LogP) is 2.76. The fourth-order valence-corrected chi connectivity index (χ4v) is 1.36. The second kappa shape index (κ2) is 3.97. The Bertz CT molecular complexity index is 593. The highest BCUT2D eigenvalue weighted by Crippen LogP contribution is 2.30. The number of nitrogens with two attached hydrogens (primary N) is 1. The first-order valence-corrected chi connectivity index (χ1v) is 4.53. The SMILES string of the molecule is Nc1cc(-c2ccc(C=O)o2)c(F)c(F)c1F. The van der Waals surface area contributed by atoms with Crippen LogP contribution in [0.3, 0.4) is 0 Å². The van der Waals surface area contributed by atoms with Crippen LogP contribution in [0.1, 0.15) is 10.6 Å². The van der Waals surface area contributed by atoms with Crippen LogP contribution in [-0.4, -0.2) is 6.29 Å². The van der Waals surface area contributed by atoms with Crippen LogP contribution in [0.4, 0.5) is 18.9 Å². The van der Waals surface area contributed by atoms with Crippen LogP contribution < -0.4 is 5.73 Å². The number of hydrogen-bond acceptors (Lipinski definition) is 3. The number of aldehydes is 1. The summed E-state index contributed by atoms with van der Waals surface area (Å²) < 4.78 is 44.3. The summed E-state index contributed by atoms with van der Waals surface area (Å²) in [5, 5.41) is 0. The van der Waals surface area contributed by atoms with Crippen LogP contribution in [0.5, 0.6) is 0 Å². The average molecular weight is 241 g/mol. The van der Waals surface area contributed by atoms with Gasteiger partial charge >= 0.3 is 0 Å². The Labute approximate surface area is 93.6 Å². The van der Waals surface area contributed by atoms with E-state index in [1.807, 2.05) is 0 Å². The Morgan fingerprint density at radius 1 is 1.12 bits per heavy atom. The van der Waals surface area contributed by atoms with Crippen molar-refractivity contribution in [3.05, 3.63) is 41.4 Å². The molecule has 2 N–H and O–H groups in total. The van der Waals surface area contributed by atoms with Crippen molar-refractivity contribution in [3.8, 4) is 11.3 Å². The van der Waals surface area contributed by atoms with E-state index in [0.717, 1.165) is 6.07 Å². The first-order chi connectivity index (χ1) is 8.04. The van der Waals surface area contributed by atoms with E-state index in [0.29, 0.717) is 6.29 Å². The van der Waals surface area contributed by atoms with Crippen LogP contribution in [0.2, 0.25) is 0 Å². The van der Waals surface area contributed by atoms with Gasteiger partial charge in [-0.3, -0.25) is 4.79 Å². The molecule has 0 fully saturated rings. The van der Waals surface area contributed by atoms with Gasteiger partial charge in [-0.1, -0.05) is 0 Å². The Balaban J connectivity index is 2.63. The molecule has 0 aliphatic rings. The third kappa shape index (κ3) is 1.77. The lowest BCUT2D eigenvalue weighted by atomic mass is 10.1. The van der Waals surface area contributed by atoms with E-state index >= 15 is 0 Å². The highest BCUT2D eigenvalue weighted by Gasteiger charge is 2.20. The van der Waals surface area contributed by atoms with Crippen LogP contribution in [0, 0.1) is 17.5 Å². The van der Waals surface area contributed by atoms with Gasteiger partial charge in [0.05, 0.1) is 11.3 Å². The number of rotatable bonds is 2. The molecule has 0 spiro atoms. The normalized spacial score (nSPS) is 10.5.